The van der Waals surface area contributed by atoms with Crippen LogP contribution in [-0.2, 0) is 6.54 Å². The van der Waals surface area contributed by atoms with Gasteiger partial charge in [-0.15, -0.1) is 29.6 Å². The third kappa shape index (κ3) is 5.28. The van der Waals surface area contributed by atoms with Crippen LogP contribution in [0.15, 0.2) is 57.1 Å². The number of hydrogen-bond donors (Lipinski definition) is 0. The highest BCUT2D eigenvalue weighted by Gasteiger charge is 2.23. The first-order chi connectivity index (χ1) is 18.8. The van der Waals surface area contributed by atoms with E-state index in [1.807, 2.05) is 18.2 Å². The SMILES string of the molecule is CC1CCC2=C(C1)N=C(c1cccc(-c3nnn(Cc4cc(P)c(-c5nnc(C(F)F)o5)cc4F)n3)c1)CC2. The number of alkyl halides is 2. The number of benzene rings is 2. The Kier molecular flexibility index (Phi) is 6.85. The smallest absolute Gasteiger partial charge is 0.314 e. The average Bonchev–Trinajstić information content (AvgIpc) is 3.61. The lowest BCUT2D eigenvalue weighted by atomic mass is 9.84. The van der Waals surface area contributed by atoms with Gasteiger partial charge in [0.25, 0.3) is 5.89 Å². The first-order valence-corrected chi connectivity index (χ1v) is 13.3. The summed E-state index contributed by atoms with van der Waals surface area (Å²) in [5, 5.41) is 20.1. The molecule has 0 radical (unpaired) electrons. The van der Waals surface area contributed by atoms with Gasteiger partial charge in [0.2, 0.25) is 11.7 Å². The molecule has 0 N–H and O–H groups in total. The summed E-state index contributed by atoms with van der Waals surface area (Å²) >= 11 is 0. The molecule has 0 bridgehead atoms. The van der Waals surface area contributed by atoms with Crippen molar-refractivity contribution < 1.29 is 17.6 Å². The second-order valence-electron chi connectivity index (χ2n) is 9.96. The molecule has 12 heteroatoms. The molecule has 2 unspecified atom stereocenters. The number of tetrazole rings is 1. The minimum atomic E-state index is -2.90. The van der Waals surface area contributed by atoms with Crippen LogP contribution in [0.2, 0.25) is 0 Å². The summed E-state index contributed by atoms with van der Waals surface area (Å²) in [5.41, 5.74) is 6.17. The average molecular weight is 552 g/mol. The molecule has 0 fully saturated rings. The molecule has 0 saturated carbocycles. The van der Waals surface area contributed by atoms with Gasteiger partial charge >= 0.3 is 6.43 Å². The summed E-state index contributed by atoms with van der Waals surface area (Å²) < 4.78 is 45.5. The molecule has 4 aromatic rings. The van der Waals surface area contributed by atoms with E-state index in [1.165, 1.54) is 28.6 Å². The molecule has 0 spiro atoms. The van der Waals surface area contributed by atoms with Gasteiger partial charge in [0.1, 0.15) is 5.82 Å². The van der Waals surface area contributed by atoms with Gasteiger partial charge in [-0.2, -0.15) is 13.6 Å². The van der Waals surface area contributed by atoms with Gasteiger partial charge in [-0.3, -0.25) is 4.99 Å². The van der Waals surface area contributed by atoms with Crippen LogP contribution in [0.4, 0.5) is 13.2 Å². The highest BCUT2D eigenvalue weighted by molar-refractivity contribution is 7.28. The van der Waals surface area contributed by atoms with E-state index < -0.39 is 18.1 Å². The molecule has 1 aliphatic heterocycles. The van der Waals surface area contributed by atoms with E-state index in [0.29, 0.717) is 17.0 Å². The number of aliphatic imine (C=N–C) groups is 1. The maximum Gasteiger partial charge on any atom is 0.314 e. The topological polar surface area (TPSA) is 94.9 Å². The molecule has 6 rings (SSSR count). The van der Waals surface area contributed by atoms with E-state index in [-0.39, 0.29) is 23.6 Å². The van der Waals surface area contributed by atoms with Crippen molar-refractivity contribution in [1.29, 1.82) is 0 Å². The van der Waals surface area contributed by atoms with Gasteiger partial charge < -0.3 is 4.42 Å². The summed E-state index contributed by atoms with van der Waals surface area (Å²) in [4.78, 5) is 6.33. The van der Waals surface area contributed by atoms with E-state index in [2.05, 4.69) is 47.8 Å². The van der Waals surface area contributed by atoms with E-state index in [1.54, 1.807) is 6.07 Å². The molecule has 200 valence electrons. The van der Waals surface area contributed by atoms with Crippen molar-refractivity contribution in [3.8, 4) is 22.8 Å². The maximum absolute atomic E-state index is 14.9. The molecular formula is C27H25F3N7OP. The molecule has 1 aliphatic carbocycles. The normalized spacial score (nSPS) is 17.5. The summed E-state index contributed by atoms with van der Waals surface area (Å²) in [5.74, 6) is -0.501. The maximum atomic E-state index is 14.9. The number of hydrogen-bond acceptors (Lipinski definition) is 7. The van der Waals surface area contributed by atoms with Crippen LogP contribution in [-0.4, -0.2) is 36.1 Å². The number of rotatable bonds is 6. The third-order valence-corrected chi connectivity index (χ3v) is 7.59. The molecule has 39 heavy (non-hydrogen) atoms. The monoisotopic (exact) mass is 551 g/mol. The molecule has 2 aliphatic rings. The predicted octanol–water partition coefficient (Wildman–Crippen LogP) is 5.67. The molecular weight excluding hydrogens is 526 g/mol. The van der Waals surface area contributed by atoms with E-state index in [9.17, 15) is 13.2 Å². The van der Waals surface area contributed by atoms with Crippen molar-refractivity contribution in [2.45, 2.75) is 52.0 Å². The molecule has 0 saturated heterocycles. The molecule has 2 atom stereocenters. The number of aromatic nitrogens is 6. The summed E-state index contributed by atoms with van der Waals surface area (Å²) in [7, 11) is 2.43. The minimum Gasteiger partial charge on any atom is -0.415 e. The largest absolute Gasteiger partial charge is 0.415 e. The van der Waals surface area contributed by atoms with E-state index in [0.717, 1.165) is 42.5 Å². The van der Waals surface area contributed by atoms with Crippen LogP contribution < -0.4 is 5.30 Å². The van der Waals surface area contributed by atoms with Crippen LogP contribution in [0.25, 0.3) is 22.8 Å². The fourth-order valence-corrected chi connectivity index (χ4v) is 5.43. The Hall–Kier alpha value is -3.72. The van der Waals surface area contributed by atoms with E-state index >= 15 is 0 Å². The summed E-state index contributed by atoms with van der Waals surface area (Å²) in [6.07, 6.45) is 2.50. The standard InChI is InChI=1S/C27H25F3N7OP/c1-14-5-6-15-7-8-21(31-22(15)9-14)16-3-2-4-17(10-16)25-32-36-37(35-25)13-18-11-23(39)19(12-20(18)28)26-33-34-27(38-26)24(29)30/h2-4,10-12,14,24H,5-9,13,39H2,1H3. The minimum absolute atomic E-state index is 0.0220. The zero-order valence-corrected chi connectivity index (χ0v) is 22.3. The molecule has 8 nitrogen and oxygen atoms in total. The van der Waals surface area contributed by atoms with Gasteiger partial charge in [0.15, 0.2) is 0 Å². The fourth-order valence-electron chi connectivity index (χ4n) is 5.02. The quantitative estimate of drug-likeness (QED) is 0.287. The zero-order chi connectivity index (χ0) is 27.1. The van der Waals surface area contributed by atoms with Gasteiger partial charge in [-0.1, -0.05) is 25.1 Å². The van der Waals surface area contributed by atoms with Crippen molar-refractivity contribution in [1.82, 2.24) is 30.4 Å². The van der Waals surface area contributed by atoms with Crippen molar-refractivity contribution in [2.24, 2.45) is 10.9 Å². The fraction of sp³-hybridized carbons (Fsp3) is 0.333. The number of nitrogens with zero attached hydrogens (tertiary/aromatic N) is 7. The molecule has 2 aromatic carbocycles. The Bertz CT molecular complexity index is 1610. The third-order valence-electron chi connectivity index (χ3n) is 7.12. The lowest BCUT2D eigenvalue weighted by molar-refractivity contribution is 0.116. The molecule has 2 aromatic heterocycles. The van der Waals surface area contributed by atoms with Crippen LogP contribution in [0.5, 0.6) is 0 Å². The van der Waals surface area contributed by atoms with Gasteiger partial charge in [-0.05, 0) is 77.9 Å². The van der Waals surface area contributed by atoms with Gasteiger partial charge in [0.05, 0.1) is 6.54 Å². The van der Waals surface area contributed by atoms with Crippen LogP contribution in [0.1, 0.15) is 62.5 Å². The van der Waals surface area contributed by atoms with E-state index in [4.69, 9.17) is 9.41 Å². The summed E-state index contributed by atoms with van der Waals surface area (Å²) in [6, 6.07) is 10.6. The Morgan fingerprint density at radius 3 is 2.74 bits per heavy atom. The Balaban J connectivity index is 1.21. The first-order valence-electron chi connectivity index (χ1n) is 12.7. The van der Waals surface area contributed by atoms with Crippen molar-refractivity contribution in [3.05, 3.63) is 70.5 Å². The lowest BCUT2D eigenvalue weighted by Crippen LogP contribution is -2.14. The lowest BCUT2D eigenvalue weighted by Gasteiger charge is -2.26. The molecule has 0 amide bonds. The van der Waals surface area contributed by atoms with Crippen LogP contribution >= 0.6 is 9.24 Å². The zero-order valence-electron chi connectivity index (χ0n) is 21.1. The predicted molar refractivity (Wildman–Crippen MR) is 142 cm³/mol. The van der Waals surface area contributed by atoms with Crippen molar-refractivity contribution in [2.75, 3.05) is 0 Å². The Morgan fingerprint density at radius 2 is 1.92 bits per heavy atom. The van der Waals surface area contributed by atoms with Crippen LogP contribution in [0.3, 0.4) is 0 Å². The van der Waals surface area contributed by atoms with Gasteiger partial charge in [-0.25, -0.2) is 4.39 Å². The van der Waals surface area contributed by atoms with Crippen molar-refractivity contribution in [3.63, 3.8) is 0 Å². The number of halogens is 3. The highest BCUT2D eigenvalue weighted by Crippen LogP contribution is 2.36. The number of allylic oxidation sites excluding steroid dienone is 2. The highest BCUT2D eigenvalue weighted by atomic mass is 31.0. The Labute approximate surface area is 224 Å². The summed E-state index contributed by atoms with van der Waals surface area (Å²) in [6.45, 7) is 2.30. The first kappa shape index (κ1) is 25.6. The Morgan fingerprint density at radius 1 is 1.08 bits per heavy atom. The van der Waals surface area contributed by atoms with Gasteiger partial charge in [0, 0.05) is 28.1 Å². The van der Waals surface area contributed by atoms with Crippen molar-refractivity contribution >= 4 is 20.3 Å². The van der Waals surface area contributed by atoms with Crippen LogP contribution in [0, 0.1) is 11.7 Å². The second kappa shape index (κ2) is 10.4. The second-order valence-corrected chi connectivity index (χ2v) is 10.6. The molecule has 3 heterocycles.